The van der Waals surface area contributed by atoms with Gasteiger partial charge in [0.15, 0.2) is 5.78 Å². The summed E-state index contributed by atoms with van der Waals surface area (Å²) in [5, 5.41) is 0. The molecule has 0 atom stereocenters. The average molecular weight is 331 g/mol. The molecule has 0 bridgehead atoms. The van der Waals surface area contributed by atoms with Gasteiger partial charge in [-0.1, -0.05) is 46.3 Å². The smallest absolute Gasteiger partial charge is 0.152 e. The zero-order valence-electron chi connectivity index (χ0n) is 11.2. The van der Waals surface area contributed by atoms with E-state index in [0.717, 1.165) is 21.3 Å². The highest BCUT2D eigenvalue weighted by atomic mass is 79.9. The van der Waals surface area contributed by atoms with Crippen LogP contribution in [0.25, 0.3) is 6.08 Å². The molecule has 102 valence electrons. The molecule has 0 unspecified atom stereocenters. The van der Waals surface area contributed by atoms with Crippen molar-refractivity contribution in [2.75, 3.05) is 0 Å². The molecular formula is C17H15BrO2. The van der Waals surface area contributed by atoms with Gasteiger partial charge in [0.2, 0.25) is 0 Å². The van der Waals surface area contributed by atoms with Gasteiger partial charge >= 0.3 is 0 Å². The first-order chi connectivity index (χ1) is 9.65. The Labute approximate surface area is 127 Å². The number of benzene rings is 2. The van der Waals surface area contributed by atoms with E-state index in [4.69, 9.17) is 4.74 Å². The van der Waals surface area contributed by atoms with Crippen LogP contribution in [0, 0.1) is 0 Å². The van der Waals surface area contributed by atoms with Gasteiger partial charge in [-0.25, -0.2) is 0 Å². The summed E-state index contributed by atoms with van der Waals surface area (Å²) in [6.07, 6.45) is 3.31. The molecule has 0 aliphatic heterocycles. The molecule has 0 saturated heterocycles. The third kappa shape index (κ3) is 4.35. The van der Waals surface area contributed by atoms with Crippen LogP contribution in [0.15, 0.2) is 59.1 Å². The third-order valence-corrected chi connectivity index (χ3v) is 3.20. The first-order valence-electron chi connectivity index (χ1n) is 6.30. The van der Waals surface area contributed by atoms with Crippen molar-refractivity contribution in [2.45, 2.75) is 13.5 Å². The van der Waals surface area contributed by atoms with E-state index >= 15 is 0 Å². The Hall–Kier alpha value is -1.87. The van der Waals surface area contributed by atoms with E-state index in [0.29, 0.717) is 6.61 Å². The zero-order valence-corrected chi connectivity index (χ0v) is 12.8. The largest absolute Gasteiger partial charge is 0.488 e. The van der Waals surface area contributed by atoms with Crippen LogP contribution in [0.3, 0.4) is 0 Å². The molecule has 0 saturated carbocycles. The van der Waals surface area contributed by atoms with Gasteiger partial charge in [-0.05, 0) is 42.8 Å². The fourth-order valence-corrected chi connectivity index (χ4v) is 2.10. The topological polar surface area (TPSA) is 26.3 Å². The molecule has 0 aliphatic rings. The summed E-state index contributed by atoms with van der Waals surface area (Å²) in [4.78, 5) is 11.1. The van der Waals surface area contributed by atoms with Crippen molar-refractivity contribution in [1.82, 2.24) is 0 Å². The molecule has 0 aliphatic carbocycles. The molecular weight excluding hydrogens is 316 g/mol. The highest BCUT2D eigenvalue weighted by Crippen LogP contribution is 2.25. The van der Waals surface area contributed by atoms with Crippen LogP contribution >= 0.6 is 15.9 Å². The highest BCUT2D eigenvalue weighted by Gasteiger charge is 2.03. The van der Waals surface area contributed by atoms with Crippen LogP contribution in [-0.4, -0.2) is 5.78 Å². The van der Waals surface area contributed by atoms with Gasteiger partial charge < -0.3 is 4.74 Å². The molecule has 0 fully saturated rings. The van der Waals surface area contributed by atoms with Crippen molar-refractivity contribution in [1.29, 1.82) is 0 Å². The maximum atomic E-state index is 11.1. The molecule has 20 heavy (non-hydrogen) atoms. The van der Waals surface area contributed by atoms with Gasteiger partial charge in [-0.15, -0.1) is 0 Å². The first kappa shape index (κ1) is 14.5. The quantitative estimate of drug-likeness (QED) is 0.747. The Balaban J connectivity index is 2.16. The molecule has 2 rings (SSSR count). The van der Waals surface area contributed by atoms with E-state index in [2.05, 4.69) is 15.9 Å². The van der Waals surface area contributed by atoms with Gasteiger partial charge in [0.1, 0.15) is 12.4 Å². The summed E-state index contributed by atoms with van der Waals surface area (Å²) < 4.78 is 6.78. The van der Waals surface area contributed by atoms with Gasteiger partial charge in [0, 0.05) is 10.0 Å². The lowest BCUT2D eigenvalue weighted by molar-refractivity contribution is -0.112. The summed E-state index contributed by atoms with van der Waals surface area (Å²) in [5.41, 5.74) is 1.99. The minimum absolute atomic E-state index is 0.0129. The molecule has 0 heterocycles. The average Bonchev–Trinajstić information content (AvgIpc) is 2.45. The summed E-state index contributed by atoms with van der Waals surface area (Å²) in [6, 6.07) is 15.7. The van der Waals surface area contributed by atoms with Crippen molar-refractivity contribution < 1.29 is 9.53 Å². The van der Waals surface area contributed by atoms with E-state index in [1.54, 1.807) is 6.08 Å². The second kappa shape index (κ2) is 7.06. The van der Waals surface area contributed by atoms with Crippen LogP contribution in [0.5, 0.6) is 5.75 Å². The number of ketones is 1. The molecule has 0 amide bonds. The lowest BCUT2D eigenvalue weighted by Gasteiger charge is -2.10. The van der Waals surface area contributed by atoms with Gasteiger partial charge in [-0.3, -0.25) is 4.79 Å². The minimum Gasteiger partial charge on any atom is -0.488 e. The van der Waals surface area contributed by atoms with Crippen LogP contribution in [-0.2, 0) is 11.4 Å². The lowest BCUT2D eigenvalue weighted by atomic mass is 10.1. The van der Waals surface area contributed by atoms with Gasteiger partial charge in [-0.2, -0.15) is 0 Å². The zero-order chi connectivity index (χ0) is 14.4. The molecule has 3 heteroatoms. The van der Waals surface area contributed by atoms with Crippen LogP contribution in [0.4, 0.5) is 0 Å². The number of allylic oxidation sites excluding steroid dienone is 1. The number of hydrogen-bond donors (Lipinski definition) is 0. The van der Waals surface area contributed by atoms with Crippen LogP contribution in [0.1, 0.15) is 18.1 Å². The first-order valence-corrected chi connectivity index (χ1v) is 7.09. The summed E-state index contributed by atoms with van der Waals surface area (Å²) in [7, 11) is 0. The van der Waals surface area contributed by atoms with E-state index in [1.807, 2.05) is 48.5 Å². The molecule has 2 aromatic rings. The number of ether oxygens (including phenoxy) is 1. The highest BCUT2D eigenvalue weighted by molar-refractivity contribution is 9.10. The van der Waals surface area contributed by atoms with E-state index in [1.165, 1.54) is 13.0 Å². The maximum absolute atomic E-state index is 11.1. The molecule has 0 aromatic heterocycles. The Morgan fingerprint density at radius 1 is 1.20 bits per heavy atom. The Morgan fingerprint density at radius 2 is 1.95 bits per heavy atom. The van der Waals surface area contributed by atoms with Crippen LogP contribution in [0.2, 0.25) is 0 Å². The summed E-state index contributed by atoms with van der Waals surface area (Å²) in [6.45, 7) is 2.03. The Morgan fingerprint density at radius 3 is 2.65 bits per heavy atom. The number of halogens is 1. The summed E-state index contributed by atoms with van der Waals surface area (Å²) in [5.74, 6) is 0.772. The van der Waals surface area contributed by atoms with E-state index < -0.39 is 0 Å². The van der Waals surface area contributed by atoms with Crippen molar-refractivity contribution in [2.24, 2.45) is 0 Å². The number of rotatable bonds is 5. The summed E-state index contributed by atoms with van der Waals surface area (Å²) >= 11 is 3.42. The number of carbonyl (C=O) groups is 1. The predicted molar refractivity (Wildman–Crippen MR) is 84.6 cm³/mol. The molecule has 0 spiro atoms. The van der Waals surface area contributed by atoms with Crippen molar-refractivity contribution >= 4 is 27.8 Å². The maximum Gasteiger partial charge on any atom is 0.152 e. The predicted octanol–water partition coefficient (Wildman–Crippen LogP) is 4.63. The fraction of sp³-hybridized carbons (Fsp3) is 0.118. The second-order valence-electron chi connectivity index (χ2n) is 4.40. The third-order valence-electron chi connectivity index (χ3n) is 2.71. The number of hydrogen-bond acceptors (Lipinski definition) is 2. The van der Waals surface area contributed by atoms with Gasteiger partial charge in [0.05, 0.1) is 0 Å². The monoisotopic (exact) mass is 330 g/mol. The molecule has 2 nitrogen and oxygen atoms in total. The van der Waals surface area contributed by atoms with Crippen molar-refractivity contribution in [3.05, 3.63) is 70.2 Å². The van der Waals surface area contributed by atoms with Gasteiger partial charge in [0.25, 0.3) is 0 Å². The molecule has 0 N–H and O–H groups in total. The SMILES string of the molecule is CC(=O)/C=C/c1cc(Br)ccc1OCc1ccccc1. The van der Waals surface area contributed by atoms with E-state index in [-0.39, 0.29) is 5.78 Å². The van der Waals surface area contributed by atoms with Crippen LogP contribution < -0.4 is 4.74 Å². The normalized spacial score (nSPS) is 10.7. The lowest BCUT2D eigenvalue weighted by Crippen LogP contribution is -1.97. The Kier molecular flexibility index (Phi) is 5.13. The van der Waals surface area contributed by atoms with Crippen molar-refractivity contribution in [3.8, 4) is 5.75 Å². The fourth-order valence-electron chi connectivity index (χ4n) is 1.72. The Bertz CT molecular complexity index is 618. The second-order valence-corrected chi connectivity index (χ2v) is 5.32. The van der Waals surface area contributed by atoms with Crippen molar-refractivity contribution in [3.63, 3.8) is 0 Å². The molecule has 0 radical (unpaired) electrons. The van der Waals surface area contributed by atoms with E-state index in [9.17, 15) is 4.79 Å². The minimum atomic E-state index is 0.0129. The standard InChI is InChI=1S/C17H15BrO2/c1-13(19)7-8-15-11-16(18)9-10-17(15)20-12-14-5-3-2-4-6-14/h2-11H,12H2,1H3/b8-7+. The number of carbonyl (C=O) groups excluding carboxylic acids is 1. The molecule has 2 aromatic carbocycles.